The van der Waals surface area contributed by atoms with Crippen LogP contribution in [0.2, 0.25) is 0 Å². The predicted molar refractivity (Wildman–Crippen MR) is 173 cm³/mol. The Morgan fingerprint density at radius 3 is 2.58 bits per heavy atom. The lowest BCUT2D eigenvalue weighted by Gasteiger charge is -2.34. The number of amides is 2. The van der Waals surface area contributed by atoms with Gasteiger partial charge in [0.25, 0.3) is 0 Å². The van der Waals surface area contributed by atoms with Crippen LogP contribution in [0.25, 0.3) is 16.8 Å². The summed E-state index contributed by atoms with van der Waals surface area (Å²) in [6.45, 7) is 13.9. The normalized spacial score (nSPS) is 19.4. The van der Waals surface area contributed by atoms with Gasteiger partial charge in [-0.1, -0.05) is 51.8 Å². The average molecular weight is 622 g/mol. The number of alkyl carbamates (subject to hydrolysis) is 1. The Morgan fingerprint density at radius 2 is 1.91 bits per heavy atom. The lowest BCUT2D eigenvalue weighted by molar-refractivity contribution is -0.154. The van der Waals surface area contributed by atoms with Gasteiger partial charge >= 0.3 is 12.1 Å². The predicted octanol–water partition coefficient (Wildman–Crippen LogP) is 6.08. The summed E-state index contributed by atoms with van der Waals surface area (Å²) in [6, 6.07) is 3.95. The third kappa shape index (κ3) is 8.35. The van der Waals surface area contributed by atoms with Gasteiger partial charge in [-0.3, -0.25) is 4.79 Å². The van der Waals surface area contributed by atoms with Crippen molar-refractivity contribution in [3.63, 3.8) is 0 Å². The number of esters is 1. The molecular formula is C35H47N3O7. The van der Waals surface area contributed by atoms with E-state index >= 15 is 0 Å². The molecule has 0 unspecified atom stereocenters. The van der Waals surface area contributed by atoms with Crippen molar-refractivity contribution in [2.45, 2.75) is 83.9 Å². The summed E-state index contributed by atoms with van der Waals surface area (Å²) in [7, 11) is 1.60. The molecule has 10 heteroatoms. The van der Waals surface area contributed by atoms with Gasteiger partial charge in [0.05, 0.1) is 26.9 Å². The molecule has 1 aliphatic heterocycles. The van der Waals surface area contributed by atoms with Gasteiger partial charge in [-0.05, 0) is 55.7 Å². The van der Waals surface area contributed by atoms with Gasteiger partial charge in [0.2, 0.25) is 11.8 Å². The molecule has 2 aliphatic rings. The van der Waals surface area contributed by atoms with Crippen molar-refractivity contribution in [2.75, 3.05) is 26.9 Å². The van der Waals surface area contributed by atoms with E-state index in [4.69, 9.17) is 18.9 Å². The highest BCUT2D eigenvalue weighted by molar-refractivity contribution is 5.92. The van der Waals surface area contributed by atoms with E-state index in [-0.39, 0.29) is 43.4 Å². The number of pyridine rings is 1. The zero-order valence-corrected chi connectivity index (χ0v) is 27.0. The number of hydrogen-bond acceptors (Lipinski definition) is 8. The molecule has 3 atom stereocenters. The third-order valence-electron chi connectivity index (χ3n) is 8.63. The van der Waals surface area contributed by atoms with E-state index in [2.05, 4.69) is 23.5 Å². The Morgan fingerprint density at radius 1 is 1.16 bits per heavy atom. The van der Waals surface area contributed by atoms with Gasteiger partial charge in [0, 0.05) is 29.0 Å². The number of nitrogens with zero attached hydrogens (tertiary/aromatic N) is 2. The zero-order chi connectivity index (χ0) is 32.6. The molecule has 2 amide bonds. The molecule has 0 spiro atoms. The first-order chi connectivity index (χ1) is 21.6. The summed E-state index contributed by atoms with van der Waals surface area (Å²) in [4.78, 5) is 46.5. The Hall–Kier alpha value is -4.08. The number of nitrogens with one attached hydrogen (secondary N) is 1. The molecule has 10 nitrogen and oxygen atoms in total. The molecule has 0 bridgehead atoms. The van der Waals surface area contributed by atoms with E-state index in [0.717, 1.165) is 48.4 Å². The van der Waals surface area contributed by atoms with Gasteiger partial charge in [-0.15, -0.1) is 6.58 Å². The van der Waals surface area contributed by atoms with Crippen LogP contribution in [-0.2, 0) is 19.1 Å². The number of likely N-dealkylation sites (tertiary alicyclic amines) is 1. The first kappa shape index (κ1) is 33.8. The van der Waals surface area contributed by atoms with E-state index in [9.17, 15) is 14.4 Å². The second-order valence-corrected chi connectivity index (χ2v) is 12.6. The van der Waals surface area contributed by atoms with Crippen LogP contribution >= 0.6 is 0 Å². The molecule has 1 saturated carbocycles. The van der Waals surface area contributed by atoms with Crippen LogP contribution in [0.1, 0.15) is 71.3 Å². The van der Waals surface area contributed by atoms with E-state index in [1.165, 1.54) is 4.90 Å². The fraction of sp³-hybridized carbons (Fsp3) is 0.543. The van der Waals surface area contributed by atoms with Crippen molar-refractivity contribution >= 4 is 34.8 Å². The summed E-state index contributed by atoms with van der Waals surface area (Å²) in [5, 5.41) is 4.50. The van der Waals surface area contributed by atoms with Crippen LogP contribution in [0, 0.1) is 11.3 Å². The summed E-state index contributed by atoms with van der Waals surface area (Å²) < 4.78 is 22.9. The van der Waals surface area contributed by atoms with E-state index < -0.39 is 30.3 Å². The first-order valence-electron chi connectivity index (χ1n) is 15.9. The van der Waals surface area contributed by atoms with Crippen molar-refractivity contribution in [1.29, 1.82) is 0 Å². The van der Waals surface area contributed by atoms with Crippen molar-refractivity contribution in [3.8, 4) is 11.6 Å². The van der Waals surface area contributed by atoms with Crippen LogP contribution < -0.4 is 14.8 Å². The van der Waals surface area contributed by atoms with Gasteiger partial charge in [0.1, 0.15) is 23.9 Å². The molecule has 0 radical (unpaired) electrons. The number of ether oxygens (including phenoxy) is 4. The summed E-state index contributed by atoms with van der Waals surface area (Å²) in [5.74, 6) is 0.150. The van der Waals surface area contributed by atoms with Crippen LogP contribution in [0.5, 0.6) is 11.6 Å². The largest absolute Gasteiger partial charge is 0.496 e. The van der Waals surface area contributed by atoms with E-state index in [0.29, 0.717) is 18.1 Å². The Labute approximate surface area is 266 Å². The molecule has 4 rings (SSSR count). The van der Waals surface area contributed by atoms with Crippen molar-refractivity contribution in [2.24, 2.45) is 11.3 Å². The molecule has 2 aromatic rings. The molecule has 1 aromatic carbocycles. The molecule has 1 aliphatic carbocycles. The molecule has 45 heavy (non-hydrogen) atoms. The number of carbonyl (C=O) groups is 3. The molecular weight excluding hydrogens is 574 g/mol. The van der Waals surface area contributed by atoms with Crippen LogP contribution in [0.3, 0.4) is 0 Å². The quantitative estimate of drug-likeness (QED) is 0.212. The molecule has 1 N–H and O–H groups in total. The summed E-state index contributed by atoms with van der Waals surface area (Å²) in [6.07, 6.45) is 9.47. The number of rotatable bonds is 13. The molecule has 2 fully saturated rings. The molecule has 1 aromatic heterocycles. The van der Waals surface area contributed by atoms with E-state index in [1.54, 1.807) is 32.4 Å². The average Bonchev–Trinajstić information content (AvgIpc) is 3.46. The minimum Gasteiger partial charge on any atom is -0.496 e. The maximum atomic E-state index is 14.3. The van der Waals surface area contributed by atoms with Crippen LogP contribution in [0.15, 0.2) is 43.6 Å². The second-order valence-electron chi connectivity index (χ2n) is 12.6. The Kier molecular flexibility index (Phi) is 11.5. The maximum Gasteiger partial charge on any atom is 0.407 e. The van der Waals surface area contributed by atoms with Gasteiger partial charge in [0.15, 0.2) is 0 Å². The standard InChI is InChI=1S/C35H47N3O7/c1-7-16-35(4,5)22-44-34(41)37-30(24-13-11-10-12-14-24)32(39)38-21-26(20-28(38)33(40)43-9-3)45-31-27-18-23(8-2)29(42-6)19-25(27)15-17-36-31/h7-8,15,17-19,24,26,28,30H,1-2,9-14,16,20-22H2,3-6H3,(H,37,41)/t26-,28+,30+/m1/s1. The lowest BCUT2D eigenvalue weighted by atomic mass is 9.83. The first-order valence-corrected chi connectivity index (χ1v) is 15.9. The minimum atomic E-state index is -0.864. The maximum absolute atomic E-state index is 14.3. The number of carbonyl (C=O) groups excluding carboxylic acids is 3. The number of hydrogen-bond donors (Lipinski definition) is 1. The van der Waals surface area contributed by atoms with Crippen molar-refractivity contribution in [1.82, 2.24) is 15.2 Å². The van der Waals surface area contributed by atoms with Crippen LogP contribution in [-0.4, -0.2) is 72.9 Å². The lowest BCUT2D eigenvalue weighted by Crippen LogP contribution is -2.55. The fourth-order valence-electron chi connectivity index (χ4n) is 6.27. The Bertz CT molecular complexity index is 1380. The summed E-state index contributed by atoms with van der Waals surface area (Å²) >= 11 is 0. The number of methoxy groups -OCH3 is 1. The molecule has 2 heterocycles. The number of fused-ring (bicyclic) bond motifs is 1. The molecule has 1 saturated heterocycles. The fourth-order valence-corrected chi connectivity index (χ4v) is 6.27. The van der Waals surface area contributed by atoms with Crippen molar-refractivity contribution in [3.05, 3.63) is 49.2 Å². The number of benzene rings is 1. The van der Waals surface area contributed by atoms with Gasteiger partial charge in [-0.2, -0.15) is 0 Å². The van der Waals surface area contributed by atoms with Crippen LogP contribution in [0.4, 0.5) is 4.79 Å². The monoisotopic (exact) mass is 621 g/mol. The summed E-state index contributed by atoms with van der Waals surface area (Å²) in [5.41, 5.74) is 0.502. The highest BCUT2D eigenvalue weighted by atomic mass is 16.6. The molecule has 244 valence electrons. The third-order valence-corrected chi connectivity index (χ3v) is 8.63. The SMILES string of the molecule is C=CCC(C)(C)COC(=O)N[C@H](C(=O)N1C[C@H](Oc2nccc3cc(OC)c(C=C)cc23)C[C@H]1C(=O)OCC)C1CCCCC1. The number of aromatic nitrogens is 1. The van der Waals surface area contributed by atoms with Crippen molar-refractivity contribution < 1.29 is 33.3 Å². The highest BCUT2D eigenvalue weighted by Crippen LogP contribution is 2.34. The topological polar surface area (TPSA) is 116 Å². The smallest absolute Gasteiger partial charge is 0.407 e. The number of allylic oxidation sites excluding steroid dienone is 1. The van der Waals surface area contributed by atoms with E-state index in [1.807, 2.05) is 32.0 Å². The van der Waals surface area contributed by atoms with Gasteiger partial charge < -0.3 is 29.2 Å². The minimum absolute atomic E-state index is 0.0742. The van der Waals surface area contributed by atoms with Gasteiger partial charge in [-0.25, -0.2) is 14.6 Å². The zero-order valence-electron chi connectivity index (χ0n) is 27.0. The second kappa shape index (κ2) is 15.3. The highest BCUT2D eigenvalue weighted by Gasteiger charge is 2.46. The Balaban J connectivity index is 1.58.